The molecular weight excluding hydrogens is 144 g/mol. The first-order valence-corrected chi connectivity index (χ1v) is 3.89. The molecule has 1 rings (SSSR count). The average molecular weight is 153 g/mol. The standard InChI is InChI=1S/C8H9OS/c1-9-7-5-3-4-6-8(7)10-2/h2-6,10H,1H3. The van der Waals surface area contributed by atoms with Crippen LogP contribution in [0.4, 0.5) is 0 Å². The molecule has 53 valence electrons. The van der Waals surface area contributed by atoms with Gasteiger partial charge >= 0.3 is 0 Å². The molecule has 0 unspecified atom stereocenters. The molecule has 0 aliphatic rings. The minimum atomic E-state index is 0.753. The van der Waals surface area contributed by atoms with E-state index in [2.05, 4.69) is 0 Å². The van der Waals surface area contributed by atoms with Crippen molar-refractivity contribution in [3.05, 3.63) is 24.3 Å². The summed E-state index contributed by atoms with van der Waals surface area (Å²) in [6.07, 6.45) is 0. The number of methoxy groups -OCH3 is 1. The van der Waals surface area contributed by atoms with Gasteiger partial charge in [0.05, 0.1) is 7.11 Å². The molecule has 0 aliphatic carbocycles. The van der Waals surface area contributed by atoms with Gasteiger partial charge in [-0.05, 0) is 18.0 Å². The molecule has 1 aromatic carbocycles. The molecule has 0 heterocycles. The highest BCUT2D eigenvalue weighted by Gasteiger charge is 1.93. The van der Waals surface area contributed by atoms with E-state index in [4.69, 9.17) is 10.6 Å². The van der Waals surface area contributed by atoms with Crippen LogP contribution in [0.25, 0.3) is 0 Å². The van der Waals surface area contributed by atoms with Crippen molar-refractivity contribution >= 4 is 17.2 Å². The van der Waals surface area contributed by atoms with Crippen LogP contribution in [0.5, 0.6) is 5.75 Å². The monoisotopic (exact) mass is 153 g/mol. The first-order valence-electron chi connectivity index (χ1n) is 2.92. The molecule has 0 atom stereocenters. The second kappa shape index (κ2) is 3.42. The Labute approximate surface area is 64.6 Å². The second-order valence-electron chi connectivity index (χ2n) is 1.80. The van der Waals surface area contributed by atoms with Gasteiger partial charge < -0.3 is 4.74 Å². The van der Waals surface area contributed by atoms with Crippen LogP contribution in [-0.4, -0.2) is 13.0 Å². The molecule has 0 bridgehead atoms. The molecule has 0 saturated carbocycles. The first kappa shape index (κ1) is 7.35. The molecule has 0 spiro atoms. The molecule has 0 aromatic heterocycles. The number of rotatable bonds is 2. The Balaban J connectivity index is 3.08. The fraction of sp³-hybridized carbons (Fsp3) is 0.125. The Hall–Kier alpha value is -0.760. The molecule has 0 amide bonds. The van der Waals surface area contributed by atoms with Crippen molar-refractivity contribution in [3.63, 3.8) is 0 Å². The van der Waals surface area contributed by atoms with Crippen LogP contribution >= 0.6 is 11.4 Å². The van der Waals surface area contributed by atoms with E-state index in [1.165, 1.54) is 0 Å². The third kappa shape index (κ3) is 1.39. The lowest BCUT2D eigenvalue weighted by Gasteiger charge is -2.01. The summed E-state index contributed by atoms with van der Waals surface area (Å²) in [5.74, 6) is 6.27. The van der Waals surface area contributed by atoms with Crippen LogP contribution in [0, 0.1) is 0 Å². The molecule has 10 heavy (non-hydrogen) atoms. The maximum Gasteiger partial charge on any atom is 0.131 e. The van der Waals surface area contributed by atoms with Crippen molar-refractivity contribution in [2.24, 2.45) is 0 Å². The van der Waals surface area contributed by atoms with Gasteiger partial charge in [-0.3, -0.25) is 0 Å². The lowest BCUT2D eigenvalue weighted by Crippen LogP contribution is -1.82. The quantitative estimate of drug-likeness (QED) is 0.503. The van der Waals surface area contributed by atoms with Gasteiger partial charge in [0.1, 0.15) is 5.75 Å². The molecule has 1 nitrogen and oxygen atoms in total. The number of hydrogen-bond acceptors (Lipinski definition) is 1. The van der Waals surface area contributed by atoms with E-state index in [0.29, 0.717) is 0 Å². The van der Waals surface area contributed by atoms with Crippen molar-refractivity contribution in [1.82, 2.24) is 0 Å². The topological polar surface area (TPSA) is 9.23 Å². The molecule has 1 radical (unpaired) electrons. The molecule has 0 saturated heterocycles. The summed E-state index contributed by atoms with van der Waals surface area (Å²) in [6.45, 7) is 0. The zero-order valence-corrected chi connectivity index (χ0v) is 6.64. The number of ether oxygens (including phenoxy) is 1. The smallest absolute Gasteiger partial charge is 0.131 e. The SMILES string of the molecule is [CH]=[SH]c1ccccc1OC. The van der Waals surface area contributed by atoms with E-state index in [9.17, 15) is 0 Å². The Kier molecular flexibility index (Phi) is 2.51. The van der Waals surface area contributed by atoms with Crippen molar-refractivity contribution in [1.29, 1.82) is 0 Å². The molecule has 0 fully saturated rings. The fourth-order valence-corrected chi connectivity index (χ4v) is 1.20. The van der Waals surface area contributed by atoms with E-state index < -0.39 is 0 Å². The van der Waals surface area contributed by atoms with Gasteiger partial charge in [0.15, 0.2) is 0 Å². The van der Waals surface area contributed by atoms with Gasteiger partial charge in [-0.15, -0.1) is 0 Å². The van der Waals surface area contributed by atoms with E-state index in [1.807, 2.05) is 24.3 Å². The lowest BCUT2D eigenvalue weighted by molar-refractivity contribution is 0.405. The van der Waals surface area contributed by atoms with Crippen molar-refractivity contribution in [2.75, 3.05) is 7.11 Å². The van der Waals surface area contributed by atoms with Gasteiger partial charge in [0.2, 0.25) is 0 Å². The van der Waals surface area contributed by atoms with E-state index in [-0.39, 0.29) is 0 Å². The number of benzene rings is 1. The largest absolute Gasteiger partial charge is 0.496 e. The van der Waals surface area contributed by atoms with E-state index in [0.717, 1.165) is 22.0 Å². The van der Waals surface area contributed by atoms with Gasteiger partial charge in [-0.25, -0.2) is 0 Å². The predicted octanol–water partition coefficient (Wildman–Crippen LogP) is 1.83. The van der Waals surface area contributed by atoms with Crippen LogP contribution < -0.4 is 4.74 Å². The molecule has 2 heteroatoms. The van der Waals surface area contributed by atoms with Crippen molar-refractivity contribution in [3.8, 4) is 5.75 Å². The predicted molar refractivity (Wildman–Crippen MR) is 46.3 cm³/mol. The molecule has 0 N–H and O–H groups in total. The van der Waals surface area contributed by atoms with Crippen molar-refractivity contribution < 1.29 is 4.74 Å². The Morgan fingerprint density at radius 2 is 2.10 bits per heavy atom. The Bertz CT molecular complexity index is 232. The van der Waals surface area contributed by atoms with E-state index in [1.54, 1.807) is 7.11 Å². The van der Waals surface area contributed by atoms with Crippen LogP contribution in [-0.2, 0) is 0 Å². The molecule has 1 aromatic rings. The summed E-state index contributed by atoms with van der Waals surface area (Å²) in [4.78, 5) is 1.02. The zero-order valence-electron chi connectivity index (χ0n) is 5.74. The zero-order chi connectivity index (χ0) is 7.40. The fourth-order valence-electron chi connectivity index (χ4n) is 0.736. The van der Waals surface area contributed by atoms with Crippen molar-refractivity contribution in [2.45, 2.75) is 4.90 Å². The number of hydrogen-bond donors (Lipinski definition) is 1. The molecule has 0 aliphatic heterocycles. The Morgan fingerprint density at radius 3 is 2.60 bits per heavy atom. The summed E-state index contributed by atoms with van der Waals surface area (Å²) >= 11 is 0.753. The highest BCUT2D eigenvalue weighted by molar-refractivity contribution is 7.96. The van der Waals surface area contributed by atoms with Crippen LogP contribution in [0.3, 0.4) is 0 Å². The Morgan fingerprint density at radius 1 is 1.40 bits per heavy atom. The summed E-state index contributed by atoms with van der Waals surface area (Å²) in [6, 6.07) is 7.71. The molecular formula is C8H9OS. The number of para-hydroxylation sites is 1. The normalized spacial score (nSPS) is 9.30. The summed E-state index contributed by atoms with van der Waals surface area (Å²) < 4.78 is 5.05. The highest BCUT2D eigenvalue weighted by Crippen LogP contribution is 2.22. The van der Waals surface area contributed by atoms with Gasteiger partial charge in [-0.2, -0.15) is 11.4 Å². The maximum atomic E-state index is 5.42. The second-order valence-corrected chi connectivity index (χ2v) is 2.54. The van der Waals surface area contributed by atoms with E-state index >= 15 is 0 Å². The summed E-state index contributed by atoms with van der Waals surface area (Å²) in [5, 5.41) is 0. The minimum absolute atomic E-state index is 0.753. The lowest BCUT2D eigenvalue weighted by atomic mass is 10.3. The minimum Gasteiger partial charge on any atom is -0.496 e. The third-order valence-electron chi connectivity index (χ3n) is 1.22. The van der Waals surface area contributed by atoms with Crippen LogP contribution in [0.2, 0.25) is 0 Å². The number of thiol groups is 1. The van der Waals surface area contributed by atoms with Gasteiger partial charge in [0, 0.05) is 4.90 Å². The first-order chi connectivity index (χ1) is 4.88. The summed E-state index contributed by atoms with van der Waals surface area (Å²) in [7, 11) is 1.64. The van der Waals surface area contributed by atoms with Gasteiger partial charge in [0.25, 0.3) is 0 Å². The maximum absolute atomic E-state index is 5.42. The van der Waals surface area contributed by atoms with Gasteiger partial charge in [-0.1, -0.05) is 12.1 Å². The third-order valence-corrected chi connectivity index (χ3v) is 1.87. The summed E-state index contributed by atoms with van der Waals surface area (Å²) in [5.41, 5.74) is 0. The van der Waals surface area contributed by atoms with Crippen LogP contribution in [0.15, 0.2) is 29.2 Å². The van der Waals surface area contributed by atoms with Crippen LogP contribution in [0.1, 0.15) is 0 Å². The average Bonchev–Trinajstić information content (AvgIpc) is 2.04. The highest BCUT2D eigenvalue weighted by atomic mass is 32.1.